The van der Waals surface area contributed by atoms with E-state index in [1.165, 1.54) is 4.90 Å². The topological polar surface area (TPSA) is 73.4 Å². The number of benzene rings is 1. The quantitative estimate of drug-likeness (QED) is 0.870. The van der Waals surface area contributed by atoms with Gasteiger partial charge in [-0.1, -0.05) is 18.2 Å². The Bertz CT molecular complexity index is 745. The van der Waals surface area contributed by atoms with Crippen molar-refractivity contribution in [3.8, 4) is 0 Å². The lowest BCUT2D eigenvalue weighted by Gasteiger charge is -2.17. The number of H-pyrrole nitrogens is 1. The van der Waals surface area contributed by atoms with Crippen LogP contribution >= 0.6 is 15.9 Å². The number of amides is 1. The largest absolute Gasteiger partial charge is 0.479 e. The fraction of sp³-hybridized carbons (Fsp3) is 0.286. The number of aromatic amines is 1. The molecule has 0 saturated carbocycles. The normalized spacial score (nSPS) is 21.9. The Kier molecular flexibility index (Phi) is 3.24. The molecule has 2 heterocycles. The molecule has 1 aliphatic heterocycles. The van der Waals surface area contributed by atoms with Crippen LogP contribution < -0.4 is 0 Å². The fourth-order valence-corrected chi connectivity index (χ4v) is 3.15. The number of carboxylic acid groups (broad SMARTS) is 1. The molecule has 0 bridgehead atoms. The number of halogens is 2. The van der Waals surface area contributed by atoms with Crippen molar-refractivity contribution in [3.05, 3.63) is 34.4 Å². The molecule has 1 saturated heterocycles. The van der Waals surface area contributed by atoms with Gasteiger partial charge in [-0.05, 0) is 22.0 Å². The minimum atomic E-state index is -2.35. The molecule has 7 heteroatoms. The molecule has 0 radical (unpaired) electrons. The Balaban J connectivity index is 1.92. The summed E-state index contributed by atoms with van der Waals surface area (Å²) in [6.07, 6.45) is -0.189. The summed E-state index contributed by atoms with van der Waals surface area (Å²) < 4.78 is 14.7. The van der Waals surface area contributed by atoms with E-state index < -0.39 is 24.1 Å². The number of carboxylic acids is 1. The number of nitrogens with zero attached hydrogens (tertiary/aromatic N) is 1. The zero-order valence-electron chi connectivity index (χ0n) is 10.9. The third-order valence-electron chi connectivity index (χ3n) is 3.75. The highest BCUT2D eigenvalue weighted by Gasteiger charge is 2.47. The standard InChI is InChI=1S/C14H12BrFN2O3/c15-10-8-3-1-2-4-9(8)17-11(10)12(19)18-6-5-14(16,7-18)13(20)21/h1-4,17H,5-7H2,(H,20,21). The first-order valence-corrected chi connectivity index (χ1v) is 7.19. The van der Waals surface area contributed by atoms with Crippen LogP contribution in [0.3, 0.4) is 0 Å². The number of fused-ring (bicyclic) bond motifs is 1. The lowest BCUT2D eigenvalue weighted by atomic mass is 10.1. The highest BCUT2D eigenvalue weighted by atomic mass is 79.9. The number of rotatable bonds is 2. The molecule has 1 aromatic heterocycles. The minimum Gasteiger partial charge on any atom is -0.479 e. The Morgan fingerprint density at radius 2 is 2.10 bits per heavy atom. The molecular formula is C14H12BrFN2O3. The highest BCUT2D eigenvalue weighted by Crippen LogP contribution is 2.31. The summed E-state index contributed by atoms with van der Waals surface area (Å²) >= 11 is 3.37. The Morgan fingerprint density at radius 1 is 1.38 bits per heavy atom. The monoisotopic (exact) mass is 354 g/mol. The second-order valence-corrected chi connectivity index (χ2v) is 5.90. The molecule has 0 aliphatic carbocycles. The first-order valence-electron chi connectivity index (χ1n) is 6.40. The van der Waals surface area contributed by atoms with E-state index in [2.05, 4.69) is 20.9 Å². The molecule has 1 unspecified atom stereocenters. The molecule has 110 valence electrons. The minimum absolute atomic E-state index is 0.0867. The molecule has 2 aromatic rings. The zero-order valence-corrected chi connectivity index (χ0v) is 12.5. The van der Waals surface area contributed by atoms with Crippen LogP contribution in [0.2, 0.25) is 0 Å². The van der Waals surface area contributed by atoms with Crippen LogP contribution in [0.15, 0.2) is 28.7 Å². The fourth-order valence-electron chi connectivity index (χ4n) is 2.53. The van der Waals surface area contributed by atoms with Gasteiger partial charge in [0.15, 0.2) is 0 Å². The molecule has 0 spiro atoms. The number of hydrogen-bond donors (Lipinski definition) is 2. The molecule has 1 aliphatic rings. The maximum atomic E-state index is 14.1. The van der Waals surface area contributed by atoms with Crippen molar-refractivity contribution in [2.75, 3.05) is 13.1 Å². The summed E-state index contributed by atoms with van der Waals surface area (Å²) in [5, 5.41) is 9.73. The predicted octanol–water partition coefficient (Wildman–Crippen LogP) is 2.57. The second-order valence-electron chi connectivity index (χ2n) is 5.11. The molecule has 5 nitrogen and oxygen atoms in total. The number of carbonyl (C=O) groups excluding carboxylic acids is 1. The first kappa shape index (κ1) is 14.1. The molecule has 1 fully saturated rings. The molecular weight excluding hydrogens is 343 g/mol. The van der Waals surface area contributed by atoms with Gasteiger partial charge in [-0.25, -0.2) is 9.18 Å². The van der Waals surface area contributed by atoms with Crippen molar-refractivity contribution in [1.82, 2.24) is 9.88 Å². The lowest BCUT2D eigenvalue weighted by molar-refractivity contribution is -0.149. The van der Waals surface area contributed by atoms with Gasteiger partial charge in [0.05, 0.1) is 11.0 Å². The van der Waals surface area contributed by atoms with Gasteiger partial charge in [-0.15, -0.1) is 0 Å². The van der Waals surface area contributed by atoms with E-state index >= 15 is 0 Å². The van der Waals surface area contributed by atoms with Crippen LogP contribution in [0.5, 0.6) is 0 Å². The van der Waals surface area contributed by atoms with Gasteiger partial charge in [-0.2, -0.15) is 0 Å². The lowest BCUT2D eigenvalue weighted by Crippen LogP contribution is -2.39. The number of nitrogens with one attached hydrogen (secondary N) is 1. The number of para-hydroxylation sites is 1. The van der Waals surface area contributed by atoms with Crippen molar-refractivity contribution >= 4 is 38.7 Å². The summed E-state index contributed by atoms with van der Waals surface area (Å²) in [4.78, 5) is 27.6. The van der Waals surface area contributed by atoms with E-state index in [0.717, 1.165) is 10.9 Å². The number of carbonyl (C=O) groups is 2. The zero-order chi connectivity index (χ0) is 15.2. The van der Waals surface area contributed by atoms with Gasteiger partial charge in [0.2, 0.25) is 5.67 Å². The summed E-state index contributed by atoms with van der Waals surface area (Å²) in [6, 6.07) is 7.37. The van der Waals surface area contributed by atoms with Crippen molar-refractivity contribution < 1.29 is 19.1 Å². The molecule has 1 atom stereocenters. The molecule has 21 heavy (non-hydrogen) atoms. The van der Waals surface area contributed by atoms with Crippen LogP contribution in [-0.2, 0) is 4.79 Å². The van der Waals surface area contributed by atoms with Gasteiger partial charge in [-0.3, -0.25) is 4.79 Å². The van der Waals surface area contributed by atoms with Crippen molar-refractivity contribution in [2.45, 2.75) is 12.1 Å². The van der Waals surface area contributed by atoms with Crippen LogP contribution in [0, 0.1) is 0 Å². The molecule has 1 aromatic carbocycles. The van der Waals surface area contributed by atoms with Crippen LogP contribution in [0.1, 0.15) is 16.9 Å². The average Bonchev–Trinajstić information content (AvgIpc) is 3.01. The Labute approximate surface area is 127 Å². The SMILES string of the molecule is O=C(c1[nH]c2ccccc2c1Br)N1CCC(F)(C(=O)O)C1. The predicted molar refractivity (Wildman–Crippen MR) is 78.0 cm³/mol. The number of hydrogen-bond acceptors (Lipinski definition) is 2. The van der Waals surface area contributed by atoms with E-state index in [1.54, 1.807) is 0 Å². The van der Waals surface area contributed by atoms with Crippen molar-refractivity contribution in [3.63, 3.8) is 0 Å². The van der Waals surface area contributed by atoms with E-state index in [1.807, 2.05) is 24.3 Å². The maximum Gasteiger partial charge on any atom is 0.343 e. The van der Waals surface area contributed by atoms with E-state index in [-0.39, 0.29) is 13.0 Å². The molecule has 3 rings (SSSR count). The van der Waals surface area contributed by atoms with E-state index in [9.17, 15) is 14.0 Å². The van der Waals surface area contributed by atoms with Crippen LogP contribution in [-0.4, -0.2) is 45.6 Å². The Hall–Kier alpha value is -1.89. The first-order chi connectivity index (χ1) is 9.92. The van der Waals surface area contributed by atoms with Gasteiger partial charge >= 0.3 is 5.97 Å². The second kappa shape index (κ2) is 4.84. The summed E-state index contributed by atoms with van der Waals surface area (Å²) in [5.41, 5.74) is -1.25. The van der Waals surface area contributed by atoms with Crippen molar-refractivity contribution in [2.24, 2.45) is 0 Å². The smallest absolute Gasteiger partial charge is 0.343 e. The summed E-state index contributed by atoms with van der Waals surface area (Å²) in [6.45, 7) is -0.341. The maximum absolute atomic E-state index is 14.1. The van der Waals surface area contributed by atoms with Crippen molar-refractivity contribution in [1.29, 1.82) is 0 Å². The van der Waals surface area contributed by atoms with E-state index in [4.69, 9.17) is 5.11 Å². The number of alkyl halides is 1. The van der Waals surface area contributed by atoms with Gasteiger partial charge in [0.25, 0.3) is 5.91 Å². The number of likely N-dealkylation sites (tertiary alicyclic amines) is 1. The highest BCUT2D eigenvalue weighted by molar-refractivity contribution is 9.10. The third-order valence-corrected chi connectivity index (χ3v) is 4.57. The summed E-state index contributed by atoms with van der Waals surface area (Å²) in [5.74, 6) is -1.92. The van der Waals surface area contributed by atoms with Gasteiger partial charge in [0, 0.05) is 23.9 Å². The summed E-state index contributed by atoms with van der Waals surface area (Å²) in [7, 11) is 0. The van der Waals surface area contributed by atoms with E-state index in [0.29, 0.717) is 10.2 Å². The average molecular weight is 355 g/mol. The Morgan fingerprint density at radius 3 is 2.71 bits per heavy atom. The van der Waals surface area contributed by atoms with Crippen LogP contribution in [0.25, 0.3) is 10.9 Å². The third kappa shape index (κ3) is 2.21. The number of aromatic nitrogens is 1. The van der Waals surface area contributed by atoms with Crippen LogP contribution in [0.4, 0.5) is 4.39 Å². The molecule has 1 amide bonds. The molecule has 2 N–H and O–H groups in total. The van der Waals surface area contributed by atoms with Gasteiger partial charge in [0.1, 0.15) is 5.69 Å². The van der Waals surface area contributed by atoms with Gasteiger partial charge < -0.3 is 15.0 Å². The number of aliphatic carboxylic acids is 1.